The first kappa shape index (κ1) is 15.8. The van der Waals surface area contributed by atoms with E-state index in [0.717, 1.165) is 24.0 Å². The van der Waals surface area contributed by atoms with Crippen LogP contribution in [0.3, 0.4) is 0 Å². The van der Waals surface area contributed by atoms with Crippen LogP contribution in [0.25, 0.3) is 0 Å². The molecule has 1 amide bonds. The molecule has 2 nitrogen and oxygen atoms in total. The average Bonchev–Trinajstić information content (AvgIpc) is 2.57. The highest BCUT2D eigenvalue weighted by atomic mass is 16.2. The lowest BCUT2D eigenvalue weighted by molar-refractivity contribution is -0.138. The number of carbonyl (C=O) groups excluding carboxylic acids is 1. The molecule has 0 N–H and O–H groups in total. The summed E-state index contributed by atoms with van der Waals surface area (Å²) in [5.74, 6) is 0.0301. The Bertz CT molecular complexity index is 588. The Morgan fingerprint density at radius 2 is 1.30 bits per heavy atom. The summed E-state index contributed by atoms with van der Waals surface area (Å²) < 4.78 is 0. The van der Waals surface area contributed by atoms with Crippen LogP contribution in [0.4, 0.5) is 0 Å². The third kappa shape index (κ3) is 3.31. The summed E-state index contributed by atoms with van der Waals surface area (Å²) in [6, 6.07) is 21.0. The highest BCUT2D eigenvalue weighted by molar-refractivity contribution is 5.87. The molecule has 1 aliphatic heterocycles. The zero-order chi connectivity index (χ0) is 16.2. The second-order valence-electron chi connectivity index (χ2n) is 6.63. The Hall–Kier alpha value is -2.09. The second kappa shape index (κ2) is 6.99. The van der Waals surface area contributed by atoms with Crippen LogP contribution >= 0.6 is 0 Å². The van der Waals surface area contributed by atoms with E-state index < -0.39 is 0 Å². The summed E-state index contributed by atoms with van der Waals surface area (Å²) in [4.78, 5) is 15.6. The zero-order valence-electron chi connectivity index (χ0n) is 14.0. The molecule has 0 bridgehead atoms. The van der Waals surface area contributed by atoms with E-state index in [2.05, 4.69) is 43.0 Å². The van der Waals surface area contributed by atoms with E-state index in [1.807, 2.05) is 36.4 Å². The normalized spacial score (nSPS) is 21.4. The van der Waals surface area contributed by atoms with Gasteiger partial charge in [-0.3, -0.25) is 4.79 Å². The quantitative estimate of drug-likeness (QED) is 0.811. The molecule has 3 rings (SSSR count). The van der Waals surface area contributed by atoms with Gasteiger partial charge in [-0.2, -0.15) is 0 Å². The Balaban J connectivity index is 2.00. The van der Waals surface area contributed by atoms with Crippen molar-refractivity contribution in [3.63, 3.8) is 0 Å². The van der Waals surface area contributed by atoms with Gasteiger partial charge in [-0.1, -0.05) is 60.7 Å². The van der Waals surface area contributed by atoms with Crippen LogP contribution in [0, 0.1) is 0 Å². The molecule has 2 aromatic carbocycles. The van der Waals surface area contributed by atoms with Crippen LogP contribution in [0.5, 0.6) is 0 Å². The fourth-order valence-electron chi connectivity index (χ4n) is 3.77. The molecule has 0 aromatic heterocycles. The first-order chi connectivity index (χ1) is 11.2. The zero-order valence-corrected chi connectivity index (χ0v) is 14.0. The number of rotatable bonds is 3. The summed E-state index contributed by atoms with van der Waals surface area (Å²) in [5.41, 5.74) is 2.15. The predicted molar refractivity (Wildman–Crippen MR) is 94.3 cm³/mol. The molecule has 1 fully saturated rings. The van der Waals surface area contributed by atoms with Gasteiger partial charge in [0.05, 0.1) is 5.92 Å². The van der Waals surface area contributed by atoms with Gasteiger partial charge in [0, 0.05) is 12.1 Å². The van der Waals surface area contributed by atoms with Crippen molar-refractivity contribution in [3.05, 3.63) is 71.8 Å². The summed E-state index contributed by atoms with van der Waals surface area (Å²) in [5, 5.41) is 0. The number of likely N-dealkylation sites (tertiary alicyclic amines) is 1. The van der Waals surface area contributed by atoms with E-state index >= 15 is 0 Å². The van der Waals surface area contributed by atoms with Crippen LogP contribution in [0.2, 0.25) is 0 Å². The molecular weight excluding hydrogens is 282 g/mol. The number of hydrogen-bond donors (Lipinski definition) is 0. The van der Waals surface area contributed by atoms with Crippen molar-refractivity contribution in [1.82, 2.24) is 4.90 Å². The maximum absolute atomic E-state index is 13.4. The lowest BCUT2D eigenvalue weighted by atomic mass is 9.87. The molecule has 2 unspecified atom stereocenters. The molecule has 1 aliphatic rings. The van der Waals surface area contributed by atoms with Gasteiger partial charge in [0.1, 0.15) is 0 Å². The highest BCUT2D eigenvalue weighted by Gasteiger charge is 2.34. The van der Waals surface area contributed by atoms with Crippen molar-refractivity contribution in [1.29, 1.82) is 0 Å². The van der Waals surface area contributed by atoms with Crippen LogP contribution in [-0.4, -0.2) is 22.9 Å². The van der Waals surface area contributed by atoms with Crippen LogP contribution in [-0.2, 0) is 4.79 Å². The summed E-state index contributed by atoms with van der Waals surface area (Å²) in [6.07, 6.45) is 3.42. The van der Waals surface area contributed by atoms with Gasteiger partial charge in [0.2, 0.25) is 5.91 Å². The van der Waals surface area contributed by atoms with Gasteiger partial charge in [-0.05, 0) is 44.2 Å². The molecule has 120 valence electrons. The molecular formula is C21H25NO. The predicted octanol–water partition coefficient (Wildman–Crippen LogP) is 4.61. The van der Waals surface area contributed by atoms with Gasteiger partial charge in [-0.25, -0.2) is 0 Å². The number of nitrogens with zero attached hydrogens (tertiary/aromatic N) is 1. The Labute approximate surface area is 139 Å². The molecule has 0 aliphatic carbocycles. The molecule has 1 heterocycles. The lowest BCUT2D eigenvalue weighted by Gasteiger charge is -2.41. The van der Waals surface area contributed by atoms with Gasteiger partial charge in [0.25, 0.3) is 0 Å². The van der Waals surface area contributed by atoms with Crippen molar-refractivity contribution in [2.24, 2.45) is 0 Å². The third-order valence-corrected chi connectivity index (χ3v) is 4.96. The van der Waals surface area contributed by atoms with Crippen molar-refractivity contribution >= 4 is 5.91 Å². The topological polar surface area (TPSA) is 20.3 Å². The largest absolute Gasteiger partial charge is 0.336 e. The van der Waals surface area contributed by atoms with Gasteiger partial charge in [0.15, 0.2) is 0 Å². The van der Waals surface area contributed by atoms with Gasteiger partial charge in [-0.15, -0.1) is 0 Å². The number of piperidine rings is 1. The fraction of sp³-hybridized carbons (Fsp3) is 0.381. The van der Waals surface area contributed by atoms with Crippen molar-refractivity contribution < 1.29 is 4.79 Å². The lowest BCUT2D eigenvalue weighted by Crippen LogP contribution is -2.49. The highest BCUT2D eigenvalue weighted by Crippen LogP contribution is 2.31. The Kier molecular flexibility index (Phi) is 4.80. The minimum atomic E-state index is -0.208. The van der Waals surface area contributed by atoms with E-state index in [4.69, 9.17) is 0 Å². The van der Waals surface area contributed by atoms with Crippen LogP contribution < -0.4 is 0 Å². The van der Waals surface area contributed by atoms with Crippen LogP contribution in [0.15, 0.2) is 60.7 Å². The molecule has 23 heavy (non-hydrogen) atoms. The van der Waals surface area contributed by atoms with Crippen molar-refractivity contribution in [2.75, 3.05) is 0 Å². The maximum atomic E-state index is 13.4. The van der Waals surface area contributed by atoms with Crippen LogP contribution in [0.1, 0.15) is 50.2 Å². The number of amides is 1. The first-order valence-corrected chi connectivity index (χ1v) is 8.60. The average molecular weight is 307 g/mol. The fourth-order valence-corrected chi connectivity index (χ4v) is 3.77. The van der Waals surface area contributed by atoms with Crippen molar-refractivity contribution in [2.45, 2.75) is 51.1 Å². The van der Waals surface area contributed by atoms with Gasteiger partial charge < -0.3 is 4.90 Å². The first-order valence-electron chi connectivity index (χ1n) is 8.60. The standard InChI is InChI=1S/C21H25NO/c1-16-10-9-11-17(2)22(16)21(23)20(18-12-5-3-6-13-18)19-14-7-4-8-15-19/h3-8,12-17,20H,9-11H2,1-2H3. The van der Waals surface area contributed by atoms with E-state index in [-0.39, 0.29) is 11.8 Å². The third-order valence-electron chi connectivity index (χ3n) is 4.96. The monoisotopic (exact) mass is 307 g/mol. The Morgan fingerprint density at radius 3 is 1.74 bits per heavy atom. The second-order valence-corrected chi connectivity index (χ2v) is 6.63. The van der Waals surface area contributed by atoms with Crippen molar-refractivity contribution in [3.8, 4) is 0 Å². The van der Waals surface area contributed by atoms with E-state index in [9.17, 15) is 4.79 Å². The Morgan fingerprint density at radius 1 is 0.870 bits per heavy atom. The molecule has 2 heteroatoms. The van der Waals surface area contributed by atoms with E-state index in [1.54, 1.807) is 0 Å². The maximum Gasteiger partial charge on any atom is 0.235 e. The molecule has 0 radical (unpaired) electrons. The molecule has 0 saturated carbocycles. The van der Waals surface area contributed by atoms with E-state index in [1.165, 1.54) is 6.42 Å². The molecule has 2 atom stereocenters. The summed E-state index contributed by atoms with van der Waals surface area (Å²) in [6.45, 7) is 4.36. The number of hydrogen-bond acceptors (Lipinski definition) is 1. The number of carbonyl (C=O) groups is 1. The SMILES string of the molecule is CC1CCCC(C)N1C(=O)C(c1ccccc1)c1ccccc1. The van der Waals surface area contributed by atoms with Gasteiger partial charge >= 0.3 is 0 Å². The number of benzene rings is 2. The summed E-state index contributed by atoms with van der Waals surface area (Å²) >= 11 is 0. The molecule has 2 aromatic rings. The molecule has 0 spiro atoms. The van der Waals surface area contributed by atoms with E-state index in [0.29, 0.717) is 12.1 Å². The molecule has 1 saturated heterocycles. The minimum absolute atomic E-state index is 0.208. The smallest absolute Gasteiger partial charge is 0.235 e. The minimum Gasteiger partial charge on any atom is -0.336 e. The summed E-state index contributed by atoms with van der Waals surface area (Å²) in [7, 11) is 0.